The number of aliphatic hydroxyl groups is 1. The zero-order valence-corrected chi connectivity index (χ0v) is 12.3. The van der Waals surface area contributed by atoms with Crippen LogP contribution < -0.4 is 4.74 Å². The molecule has 0 aliphatic rings. The Balaban J connectivity index is 2.96. The smallest absolute Gasteiger partial charge is 0.123 e. The van der Waals surface area contributed by atoms with Crippen molar-refractivity contribution in [2.45, 2.75) is 46.5 Å². The Kier molecular flexibility index (Phi) is 5.21. The molecule has 0 radical (unpaired) electrons. The lowest BCUT2D eigenvalue weighted by Gasteiger charge is -2.24. The highest BCUT2D eigenvalue weighted by Gasteiger charge is 2.19. The number of ether oxygens (including phenoxy) is 1. The average Bonchev–Trinajstić information content (AvgIpc) is 2.34. The van der Waals surface area contributed by atoms with Gasteiger partial charge in [0.15, 0.2) is 0 Å². The summed E-state index contributed by atoms with van der Waals surface area (Å²) in [4.78, 5) is 0. The maximum Gasteiger partial charge on any atom is 0.123 e. The summed E-state index contributed by atoms with van der Waals surface area (Å²) in [7, 11) is 0. The zero-order valence-electron chi connectivity index (χ0n) is 12.3. The van der Waals surface area contributed by atoms with Crippen molar-refractivity contribution in [3.8, 4) is 5.75 Å². The van der Waals surface area contributed by atoms with E-state index in [0.29, 0.717) is 6.61 Å². The van der Waals surface area contributed by atoms with E-state index in [1.165, 1.54) is 11.1 Å². The number of benzene rings is 1. The van der Waals surface area contributed by atoms with Crippen molar-refractivity contribution in [3.05, 3.63) is 29.3 Å². The first kappa shape index (κ1) is 15.0. The Hall–Kier alpha value is -1.02. The largest absolute Gasteiger partial charge is 0.493 e. The third-order valence-electron chi connectivity index (χ3n) is 3.10. The van der Waals surface area contributed by atoms with Crippen LogP contribution in [-0.4, -0.2) is 18.3 Å². The minimum atomic E-state index is 0.0724. The van der Waals surface area contributed by atoms with Crippen molar-refractivity contribution in [1.82, 2.24) is 0 Å². The lowest BCUT2D eigenvalue weighted by Crippen LogP contribution is -2.17. The predicted molar refractivity (Wildman–Crippen MR) is 76.3 cm³/mol. The van der Waals surface area contributed by atoms with Gasteiger partial charge < -0.3 is 9.84 Å². The first-order chi connectivity index (χ1) is 8.38. The molecule has 1 aromatic carbocycles. The summed E-state index contributed by atoms with van der Waals surface area (Å²) in [5.41, 5.74) is 2.65. The van der Waals surface area contributed by atoms with E-state index in [4.69, 9.17) is 9.84 Å². The van der Waals surface area contributed by atoms with Crippen LogP contribution in [0.1, 0.15) is 45.7 Å². The molecule has 0 heterocycles. The van der Waals surface area contributed by atoms with Crippen molar-refractivity contribution in [3.63, 3.8) is 0 Å². The Morgan fingerprint density at radius 1 is 1.28 bits per heavy atom. The van der Waals surface area contributed by atoms with Gasteiger partial charge in [-0.15, -0.1) is 0 Å². The highest BCUT2D eigenvalue weighted by Crippen LogP contribution is 2.32. The van der Waals surface area contributed by atoms with E-state index in [-0.39, 0.29) is 17.9 Å². The third-order valence-corrected chi connectivity index (χ3v) is 3.10. The Morgan fingerprint density at radius 3 is 2.44 bits per heavy atom. The Morgan fingerprint density at radius 2 is 1.94 bits per heavy atom. The second kappa shape index (κ2) is 6.24. The molecule has 1 unspecified atom stereocenters. The fourth-order valence-corrected chi connectivity index (χ4v) is 1.79. The average molecular weight is 250 g/mol. The number of hydrogen-bond donors (Lipinski definition) is 1. The molecule has 0 fully saturated rings. The van der Waals surface area contributed by atoms with Crippen molar-refractivity contribution in [1.29, 1.82) is 0 Å². The summed E-state index contributed by atoms with van der Waals surface area (Å²) in [5, 5.41) is 9.04. The molecule has 1 rings (SSSR count). The highest BCUT2D eigenvalue weighted by molar-refractivity contribution is 5.41. The Labute approximate surface area is 111 Å². The van der Waals surface area contributed by atoms with E-state index in [0.717, 1.165) is 12.2 Å². The van der Waals surface area contributed by atoms with E-state index < -0.39 is 0 Å². The SMILES string of the molecule is CCc1ccc(OCC(C)CO)c(C(C)(C)C)c1. The van der Waals surface area contributed by atoms with Gasteiger partial charge in [-0.2, -0.15) is 0 Å². The molecule has 0 saturated heterocycles. The van der Waals surface area contributed by atoms with Crippen LogP contribution in [0.5, 0.6) is 5.75 Å². The summed E-state index contributed by atoms with van der Waals surface area (Å²) in [5.74, 6) is 1.11. The van der Waals surface area contributed by atoms with Gasteiger partial charge >= 0.3 is 0 Å². The molecule has 0 amide bonds. The van der Waals surface area contributed by atoms with Gasteiger partial charge in [-0.25, -0.2) is 0 Å². The maximum atomic E-state index is 9.04. The minimum absolute atomic E-state index is 0.0724. The molecular formula is C16H26O2. The normalized spacial score (nSPS) is 13.4. The van der Waals surface area contributed by atoms with Crippen LogP contribution in [-0.2, 0) is 11.8 Å². The number of aryl methyl sites for hydroxylation is 1. The van der Waals surface area contributed by atoms with Gasteiger partial charge in [0.25, 0.3) is 0 Å². The molecular weight excluding hydrogens is 224 g/mol. The lowest BCUT2D eigenvalue weighted by atomic mass is 9.85. The molecule has 1 atom stereocenters. The predicted octanol–water partition coefficient (Wildman–Crippen LogP) is 3.55. The lowest BCUT2D eigenvalue weighted by molar-refractivity contribution is 0.172. The van der Waals surface area contributed by atoms with Gasteiger partial charge in [0.05, 0.1) is 6.61 Å². The fourth-order valence-electron chi connectivity index (χ4n) is 1.79. The van der Waals surface area contributed by atoms with Crippen LogP contribution in [0.15, 0.2) is 18.2 Å². The molecule has 0 aliphatic carbocycles. The molecule has 2 heteroatoms. The van der Waals surface area contributed by atoms with Crippen LogP contribution in [0.25, 0.3) is 0 Å². The Bertz CT molecular complexity index is 377. The zero-order chi connectivity index (χ0) is 13.8. The van der Waals surface area contributed by atoms with Crippen molar-refractivity contribution >= 4 is 0 Å². The molecule has 1 aromatic rings. The van der Waals surface area contributed by atoms with Crippen LogP contribution in [0, 0.1) is 5.92 Å². The van der Waals surface area contributed by atoms with E-state index in [9.17, 15) is 0 Å². The third kappa shape index (κ3) is 4.02. The van der Waals surface area contributed by atoms with E-state index in [2.05, 4.69) is 45.9 Å². The maximum absolute atomic E-state index is 9.04. The van der Waals surface area contributed by atoms with Gasteiger partial charge in [-0.3, -0.25) is 0 Å². The van der Waals surface area contributed by atoms with Crippen LogP contribution in [0.2, 0.25) is 0 Å². The number of rotatable bonds is 5. The number of aliphatic hydroxyl groups excluding tert-OH is 1. The second-order valence-corrected chi connectivity index (χ2v) is 6.03. The highest BCUT2D eigenvalue weighted by atomic mass is 16.5. The quantitative estimate of drug-likeness (QED) is 0.866. The standard InChI is InChI=1S/C16H26O2/c1-6-13-7-8-15(18-11-12(2)10-17)14(9-13)16(3,4)5/h7-9,12,17H,6,10-11H2,1-5H3. The summed E-state index contributed by atoms with van der Waals surface area (Å²) in [6.45, 7) is 11.5. The van der Waals surface area contributed by atoms with Gasteiger partial charge in [0, 0.05) is 12.5 Å². The molecule has 102 valence electrons. The molecule has 2 nitrogen and oxygen atoms in total. The van der Waals surface area contributed by atoms with Crippen molar-refractivity contribution in [2.24, 2.45) is 5.92 Å². The van der Waals surface area contributed by atoms with E-state index in [1.807, 2.05) is 6.92 Å². The van der Waals surface area contributed by atoms with Crippen LogP contribution >= 0.6 is 0 Å². The summed E-state index contributed by atoms with van der Waals surface area (Å²) < 4.78 is 5.86. The van der Waals surface area contributed by atoms with Gasteiger partial charge in [-0.05, 0) is 29.0 Å². The number of hydrogen-bond acceptors (Lipinski definition) is 2. The van der Waals surface area contributed by atoms with E-state index >= 15 is 0 Å². The van der Waals surface area contributed by atoms with Gasteiger partial charge in [0.1, 0.15) is 5.75 Å². The van der Waals surface area contributed by atoms with Crippen LogP contribution in [0.3, 0.4) is 0 Å². The second-order valence-electron chi connectivity index (χ2n) is 6.03. The van der Waals surface area contributed by atoms with Crippen LogP contribution in [0.4, 0.5) is 0 Å². The monoisotopic (exact) mass is 250 g/mol. The molecule has 0 aromatic heterocycles. The van der Waals surface area contributed by atoms with E-state index in [1.54, 1.807) is 0 Å². The molecule has 0 spiro atoms. The first-order valence-electron chi connectivity index (χ1n) is 6.75. The molecule has 1 N–H and O–H groups in total. The molecule has 0 aliphatic heterocycles. The topological polar surface area (TPSA) is 29.5 Å². The fraction of sp³-hybridized carbons (Fsp3) is 0.625. The van der Waals surface area contributed by atoms with Gasteiger partial charge in [0.2, 0.25) is 0 Å². The van der Waals surface area contributed by atoms with Gasteiger partial charge in [-0.1, -0.05) is 46.8 Å². The molecule has 0 bridgehead atoms. The van der Waals surface area contributed by atoms with Crippen molar-refractivity contribution in [2.75, 3.05) is 13.2 Å². The minimum Gasteiger partial charge on any atom is -0.493 e. The molecule has 0 saturated carbocycles. The van der Waals surface area contributed by atoms with Crippen molar-refractivity contribution < 1.29 is 9.84 Å². The summed E-state index contributed by atoms with van der Waals surface area (Å²) >= 11 is 0. The summed E-state index contributed by atoms with van der Waals surface area (Å²) in [6, 6.07) is 6.41. The summed E-state index contributed by atoms with van der Waals surface area (Å²) in [6.07, 6.45) is 1.04. The first-order valence-corrected chi connectivity index (χ1v) is 6.75. The molecule has 18 heavy (non-hydrogen) atoms.